The molecule has 1 aromatic rings. The summed E-state index contributed by atoms with van der Waals surface area (Å²) < 4.78 is 5.32. The van der Waals surface area contributed by atoms with E-state index in [-0.39, 0.29) is 6.10 Å². The third kappa shape index (κ3) is 5.07. The molecule has 0 fully saturated rings. The van der Waals surface area contributed by atoms with Crippen LogP contribution in [0, 0.1) is 0 Å². The van der Waals surface area contributed by atoms with Gasteiger partial charge in [-0.2, -0.15) is 0 Å². The van der Waals surface area contributed by atoms with Crippen LogP contribution in [0.3, 0.4) is 0 Å². The summed E-state index contributed by atoms with van der Waals surface area (Å²) in [5.41, 5.74) is 1.20. The van der Waals surface area contributed by atoms with E-state index in [2.05, 4.69) is 25.2 Å². The lowest BCUT2D eigenvalue weighted by Gasteiger charge is -2.21. The molecule has 1 rings (SSSR count). The normalized spacial score (nSPS) is 14.6. The van der Waals surface area contributed by atoms with Gasteiger partial charge in [0.25, 0.3) is 0 Å². The van der Waals surface area contributed by atoms with Crippen LogP contribution in [0.4, 0.5) is 0 Å². The second-order valence-corrected chi connectivity index (χ2v) is 4.74. The van der Waals surface area contributed by atoms with Crippen LogP contribution >= 0.6 is 11.6 Å². The van der Waals surface area contributed by atoms with Crippen molar-refractivity contribution in [3.63, 3.8) is 0 Å². The highest BCUT2D eigenvalue weighted by Crippen LogP contribution is 2.18. The van der Waals surface area contributed by atoms with E-state index in [1.165, 1.54) is 5.56 Å². The maximum Gasteiger partial charge on any atom is 0.0558 e. The van der Waals surface area contributed by atoms with E-state index >= 15 is 0 Å². The van der Waals surface area contributed by atoms with Crippen molar-refractivity contribution < 1.29 is 4.74 Å². The molecule has 1 aromatic carbocycles. The quantitative estimate of drug-likeness (QED) is 0.807. The van der Waals surface area contributed by atoms with E-state index in [0.717, 1.165) is 24.4 Å². The summed E-state index contributed by atoms with van der Waals surface area (Å²) in [5, 5.41) is 4.33. The van der Waals surface area contributed by atoms with Gasteiger partial charge in [0.05, 0.1) is 6.10 Å². The topological polar surface area (TPSA) is 21.3 Å². The first kappa shape index (κ1) is 14.5. The SMILES string of the molecule is CCNC(Cc1ccccc1Cl)CC(C)OC. The number of likely N-dealkylation sites (N-methyl/N-ethyl adjacent to an activating group) is 1. The number of halogens is 1. The molecule has 0 saturated heterocycles. The Labute approximate surface area is 109 Å². The van der Waals surface area contributed by atoms with E-state index < -0.39 is 0 Å². The molecule has 0 amide bonds. The summed E-state index contributed by atoms with van der Waals surface area (Å²) in [5.74, 6) is 0. The average Bonchev–Trinajstić information content (AvgIpc) is 2.32. The molecule has 3 heteroatoms. The third-order valence-corrected chi connectivity index (χ3v) is 3.30. The van der Waals surface area contributed by atoms with E-state index in [4.69, 9.17) is 16.3 Å². The molecule has 1 N–H and O–H groups in total. The predicted octanol–water partition coefficient (Wildman–Crippen LogP) is 3.29. The van der Waals surface area contributed by atoms with E-state index in [0.29, 0.717) is 6.04 Å². The lowest BCUT2D eigenvalue weighted by Crippen LogP contribution is -2.34. The van der Waals surface area contributed by atoms with Gasteiger partial charge in [-0.15, -0.1) is 0 Å². The minimum Gasteiger partial charge on any atom is -0.382 e. The second-order valence-electron chi connectivity index (χ2n) is 4.33. The van der Waals surface area contributed by atoms with Crippen LogP contribution in [0.5, 0.6) is 0 Å². The lowest BCUT2D eigenvalue weighted by molar-refractivity contribution is 0.101. The van der Waals surface area contributed by atoms with Gasteiger partial charge in [-0.05, 0) is 37.9 Å². The Kier molecular flexibility index (Phi) is 6.56. The molecule has 0 aromatic heterocycles. The number of methoxy groups -OCH3 is 1. The molecule has 2 unspecified atom stereocenters. The van der Waals surface area contributed by atoms with Gasteiger partial charge in [-0.3, -0.25) is 0 Å². The molecule has 0 spiro atoms. The molecular weight excluding hydrogens is 234 g/mol. The van der Waals surface area contributed by atoms with Gasteiger partial charge in [0.2, 0.25) is 0 Å². The van der Waals surface area contributed by atoms with Crippen LogP contribution in [0.2, 0.25) is 5.02 Å². The second kappa shape index (κ2) is 7.70. The molecule has 96 valence electrons. The zero-order valence-electron chi connectivity index (χ0n) is 10.9. The van der Waals surface area contributed by atoms with Crippen molar-refractivity contribution in [1.29, 1.82) is 0 Å². The first-order valence-electron chi connectivity index (χ1n) is 6.17. The zero-order chi connectivity index (χ0) is 12.7. The maximum atomic E-state index is 6.18. The van der Waals surface area contributed by atoms with Crippen molar-refractivity contribution >= 4 is 11.6 Å². The Balaban J connectivity index is 2.63. The predicted molar refractivity (Wildman–Crippen MR) is 73.7 cm³/mol. The average molecular weight is 256 g/mol. The molecule has 2 nitrogen and oxygen atoms in total. The number of ether oxygens (including phenoxy) is 1. The van der Waals surface area contributed by atoms with Gasteiger partial charge in [0, 0.05) is 18.2 Å². The van der Waals surface area contributed by atoms with Crippen LogP contribution in [-0.2, 0) is 11.2 Å². The van der Waals surface area contributed by atoms with Crippen LogP contribution in [-0.4, -0.2) is 25.8 Å². The molecule has 0 radical (unpaired) electrons. The Bertz CT molecular complexity index is 330. The fourth-order valence-electron chi connectivity index (χ4n) is 1.95. The van der Waals surface area contributed by atoms with Crippen molar-refractivity contribution in [1.82, 2.24) is 5.32 Å². The van der Waals surface area contributed by atoms with Gasteiger partial charge in [0.1, 0.15) is 0 Å². The number of rotatable bonds is 7. The van der Waals surface area contributed by atoms with E-state index in [1.54, 1.807) is 7.11 Å². The Hall–Kier alpha value is -0.570. The van der Waals surface area contributed by atoms with E-state index in [9.17, 15) is 0 Å². The van der Waals surface area contributed by atoms with Crippen molar-refractivity contribution in [2.24, 2.45) is 0 Å². The van der Waals surface area contributed by atoms with Crippen LogP contribution in [0.1, 0.15) is 25.8 Å². The largest absolute Gasteiger partial charge is 0.382 e. The molecule has 2 atom stereocenters. The zero-order valence-corrected chi connectivity index (χ0v) is 11.6. The standard InChI is InChI=1S/C14H22ClNO/c1-4-16-13(9-11(2)17-3)10-12-7-5-6-8-14(12)15/h5-8,11,13,16H,4,9-10H2,1-3H3. The Morgan fingerprint density at radius 1 is 1.35 bits per heavy atom. The third-order valence-electron chi connectivity index (χ3n) is 2.94. The van der Waals surface area contributed by atoms with Gasteiger partial charge >= 0.3 is 0 Å². The summed E-state index contributed by atoms with van der Waals surface area (Å²) in [6, 6.07) is 8.44. The highest BCUT2D eigenvalue weighted by atomic mass is 35.5. The first-order chi connectivity index (χ1) is 8.17. The number of hydrogen-bond donors (Lipinski definition) is 1. The molecule has 0 saturated carbocycles. The van der Waals surface area contributed by atoms with Gasteiger partial charge < -0.3 is 10.1 Å². The Morgan fingerprint density at radius 2 is 2.06 bits per heavy atom. The number of hydrogen-bond acceptors (Lipinski definition) is 2. The van der Waals surface area contributed by atoms with Crippen LogP contribution < -0.4 is 5.32 Å². The molecule has 0 bridgehead atoms. The smallest absolute Gasteiger partial charge is 0.0558 e. The minimum absolute atomic E-state index is 0.265. The van der Waals surface area contributed by atoms with Crippen LogP contribution in [0.15, 0.2) is 24.3 Å². The highest BCUT2D eigenvalue weighted by Gasteiger charge is 2.13. The van der Waals surface area contributed by atoms with Crippen molar-refractivity contribution in [2.75, 3.05) is 13.7 Å². The first-order valence-corrected chi connectivity index (χ1v) is 6.54. The van der Waals surface area contributed by atoms with Gasteiger partial charge in [-0.1, -0.05) is 36.7 Å². The Morgan fingerprint density at radius 3 is 2.65 bits per heavy atom. The summed E-state index contributed by atoms with van der Waals surface area (Å²) >= 11 is 6.18. The van der Waals surface area contributed by atoms with Crippen molar-refractivity contribution in [3.05, 3.63) is 34.9 Å². The fourth-order valence-corrected chi connectivity index (χ4v) is 2.17. The van der Waals surface area contributed by atoms with Gasteiger partial charge in [0.15, 0.2) is 0 Å². The molecule has 0 aliphatic heterocycles. The van der Waals surface area contributed by atoms with Crippen molar-refractivity contribution in [3.8, 4) is 0 Å². The summed E-state index contributed by atoms with van der Waals surface area (Å²) in [7, 11) is 1.75. The molecular formula is C14H22ClNO. The van der Waals surface area contributed by atoms with Crippen LogP contribution in [0.25, 0.3) is 0 Å². The summed E-state index contributed by atoms with van der Waals surface area (Å²) in [6.45, 7) is 5.18. The van der Waals surface area contributed by atoms with E-state index in [1.807, 2.05) is 18.2 Å². The molecule has 17 heavy (non-hydrogen) atoms. The summed E-state index contributed by atoms with van der Waals surface area (Å²) in [4.78, 5) is 0. The number of nitrogens with one attached hydrogen (secondary N) is 1. The van der Waals surface area contributed by atoms with Gasteiger partial charge in [-0.25, -0.2) is 0 Å². The fraction of sp³-hybridized carbons (Fsp3) is 0.571. The minimum atomic E-state index is 0.265. The molecule has 0 heterocycles. The number of benzene rings is 1. The summed E-state index contributed by atoms with van der Waals surface area (Å²) in [6.07, 6.45) is 2.21. The molecule has 0 aliphatic rings. The lowest BCUT2D eigenvalue weighted by atomic mass is 10.0. The van der Waals surface area contributed by atoms with Crippen molar-refractivity contribution in [2.45, 2.75) is 38.8 Å². The monoisotopic (exact) mass is 255 g/mol. The molecule has 0 aliphatic carbocycles. The maximum absolute atomic E-state index is 6.18. The highest BCUT2D eigenvalue weighted by molar-refractivity contribution is 6.31.